The van der Waals surface area contributed by atoms with Gasteiger partial charge in [-0.15, -0.1) is 0 Å². The lowest BCUT2D eigenvalue weighted by molar-refractivity contribution is -0.136. The van der Waals surface area contributed by atoms with Crippen LogP contribution < -0.4 is 0 Å². The van der Waals surface area contributed by atoms with Crippen LogP contribution in [-0.2, 0) is 21.7 Å². The third kappa shape index (κ3) is 3.36. The number of aliphatic hydroxyl groups is 1. The third-order valence-corrected chi connectivity index (χ3v) is 5.91. The van der Waals surface area contributed by atoms with Crippen LogP contribution in [0.15, 0.2) is 61.1 Å². The van der Waals surface area contributed by atoms with Crippen LogP contribution in [0.3, 0.4) is 0 Å². The van der Waals surface area contributed by atoms with Gasteiger partial charge in [-0.05, 0) is 23.3 Å². The fourth-order valence-corrected chi connectivity index (χ4v) is 4.50. The molecule has 2 atom stereocenters. The maximum atomic E-state index is 12.8. The van der Waals surface area contributed by atoms with Crippen LogP contribution in [0.2, 0.25) is 0 Å². The Hall–Kier alpha value is -2.90. The van der Waals surface area contributed by atoms with Gasteiger partial charge >= 0.3 is 6.09 Å². The number of benzene rings is 1. The topological polar surface area (TPSA) is 76.3 Å². The van der Waals surface area contributed by atoms with Gasteiger partial charge in [0.1, 0.15) is 12.3 Å². The van der Waals surface area contributed by atoms with Crippen molar-refractivity contribution in [3.8, 4) is 0 Å². The lowest BCUT2D eigenvalue weighted by Crippen LogP contribution is -2.62. The van der Waals surface area contributed by atoms with Crippen molar-refractivity contribution in [3.05, 3.63) is 72.2 Å². The van der Waals surface area contributed by atoms with Gasteiger partial charge in [-0.25, -0.2) is 9.78 Å². The van der Waals surface area contributed by atoms with Crippen molar-refractivity contribution in [2.24, 2.45) is 0 Å². The van der Waals surface area contributed by atoms with Gasteiger partial charge in [-0.2, -0.15) is 0 Å². The first-order valence-corrected chi connectivity index (χ1v) is 9.85. The molecule has 4 heterocycles. The number of ether oxygens (including phenoxy) is 2. The van der Waals surface area contributed by atoms with E-state index in [2.05, 4.69) is 4.98 Å². The van der Waals surface area contributed by atoms with Crippen molar-refractivity contribution in [3.63, 3.8) is 0 Å². The highest BCUT2D eigenvalue weighted by atomic mass is 16.6. The molecule has 2 aromatic heterocycles. The molecule has 7 nitrogen and oxygen atoms in total. The largest absolute Gasteiger partial charge is 0.445 e. The second-order valence-corrected chi connectivity index (χ2v) is 7.84. The van der Waals surface area contributed by atoms with Gasteiger partial charge in [0.15, 0.2) is 0 Å². The molecule has 2 unspecified atom stereocenters. The predicted molar refractivity (Wildman–Crippen MR) is 105 cm³/mol. The number of piperidine rings is 1. The maximum Gasteiger partial charge on any atom is 0.410 e. The van der Waals surface area contributed by atoms with E-state index >= 15 is 0 Å². The Balaban J connectivity index is 1.34. The summed E-state index contributed by atoms with van der Waals surface area (Å²) in [5.74, 6) is 0. The smallest absolute Gasteiger partial charge is 0.410 e. The SMILES string of the molecule is O=C(OCc1ccccc1)N1C2COCC1CC(O)(c1ccn3ccnc3c1)C2. The monoisotopic (exact) mass is 393 g/mol. The minimum absolute atomic E-state index is 0.230. The molecule has 2 aliphatic rings. The summed E-state index contributed by atoms with van der Waals surface area (Å²) in [5, 5.41) is 11.5. The zero-order valence-corrected chi connectivity index (χ0v) is 16.0. The number of aromatic nitrogens is 2. The van der Waals surface area contributed by atoms with Crippen LogP contribution in [0, 0.1) is 0 Å². The number of carbonyl (C=O) groups is 1. The van der Waals surface area contributed by atoms with Gasteiger partial charge in [0.25, 0.3) is 0 Å². The van der Waals surface area contributed by atoms with E-state index in [0.29, 0.717) is 26.1 Å². The van der Waals surface area contributed by atoms with Crippen LogP contribution >= 0.6 is 0 Å². The molecule has 3 aromatic rings. The van der Waals surface area contributed by atoms with Gasteiger partial charge in [-0.3, -0.25) is 4.90 Å². The Labute approximate surface area is 168 Å². The molecule has 2 fully saturated rings. The zero-order chi connectivity index (χ0) is 19.8. The van der Waals surface area contributed by atoms with Gasteiger partial charge in [0, 0.05) is 31.4 Å². The number of amides is 1. The Morgan fingerprint density at radius 3 is 2.69 bits per heavy atom. The van der Waals surface area contributed by atoms with Crippen molar-refractivity contribution < 1.29 is 19.4 Å². The molecule has 1 amide bonds. The van der Waals surface area contributed by atoms with Gasteiger partial charge in [0.2, 0.25) is 0 Å². The van der Waals surface area contributed by atoms with Gasteiger partial charge in [0.05, 0.1) is 30.9 Å². The predicted octanol–water partition coefficient (Wildman–Crippen LogP) is 2.72. The summed E-state index contributed by atoms with van der Waals surface area (Å²) in [4.78, 5) is 18.9. The molecular formula is C22H23N3O4. The van der Waals surface area contributed by atoms with E-state index in [4.69, 9.17) is 9.47 Å². The number of fused-ring (bicyclic) bond motifs is 3. The highest BCUT2D eigenvalue weighted by molar-refractivity contribution is 5.69. The molecule has 2 aliphatic heterocycles. The first kappa shape index (κ1) is 18.1. The Bertz CT molecular complexity index is 1010. The molecule has 1 N–H and O–H groups in total. The summed E-state index contributed by atoms with van der Waals surface area (Å²) in [5.41, 5.74) is 1.54. The molecule has 1 aromatic carbocycles. The standard InChI is InChI=1S/C22H23N3O4/c26-21(29-13-16-4-2-1-3-5-16)25-18-11-22(27,12-19(25)15-28-14-18)17-6-8-24-9-7-23-20(24)10-17/h1-10,18-19,27H,11-15H2. The summed E-state index contributed by atoms with van der Waals surface area (Å²) in [6, 6.07) is 13.0. The summed E-state index contributed by atoms with van der Waals surface area (Å²) in [6.45, 7) is 1.02. The number of pyridine rings is 1. The van der Waals surface area contributed by atoms with E-state index in [-0.39, 0.29) is 24.8 Å². The molecule has 0 saturated carbocycles. The third-order valence-electron chi connectivity index (χ3n) is 5.91. The fraction of sp³-hybridized carbons (Fsp3) is 0.364. The van der Waals surface area contributed by atoms with Crippen molar-refractivity contribution in [2.75, 3.05) is 13.2 Å². The molecule has 7 heteroatoms. The Morgan fingerprint density at radius 2 is 1.93 bits per heavy atom. The second-order valence-electron chi connectivity index (χ2n) is 7.84. The number of hydrogen-bond acceptors (Lipinski definition) is 5. The number of morpholine rings is 1. The van der Waals surface area contributed by atoms with Crippen LogP contribution in [0.5, 0.6) is 0 Å². The molecular weight excluding hydrogens is 370 g/mol. The van der Waals surface area contributed by atoms with Crippen molar-refractivity contribution in [2.45, 2.75) is 37.1 Å². The van der Waals surface area contributed by atoms with E-state index in [9.17, 15) is 9.90 Å². The minimum Gasteiger partial charge on any atom is -0.445 e. The highest BCUT2D eigenvalue weighted by Crippen LogP contribution is 2.41. The average Bonchev–Trinajstić information content (AvgIpc) is 3.20. The lowest BCUT2D eigenvalue weighted by atomic mass is 9.77. The number of carbonyl (C=O) groups excluding carboxylic acids is 1. The average molecular weight is 393 g/mol. The normalized spacial score (nSPS) is 26.4. The van der Waals surface area contributed by atoms with E-state index < -0.39 is 5.60 Å². The number of imidazole rings is 1. The number of rotatable bonds is 3. The molecule has 0 radical (unpaired) electrons. The van der Waals surface area contributed by atoms with Crippen LogP contribution in [0.25, 0.3) is 5.65 Å². The first-order valence-electron chi connectivity index (χ1n) is 9.85. The van der Waals surface area contributed by atoms with Crippen molar-refractivity contribution >= 4 is 11.7 Å². The van der Waals surface area contributed by atoms with Gasteiger partial charge in [-0.1, -0.05) is 30.3 Å². The zero-order valence-electron chi connectivity index (χ0n) is 16.0. The Kier molecular flexibility index (Phi) is 4.49. The molecule has 5 rings (SSSR count). The van der Waals surface area contributed by atoms with Crippen molar-refractivity contribution in [1.29, 1.82) is 0 Å². The minimum atomic E-state index is -1.02. The van der Waals surface area contributed by atoms with Gasteiger partial charge < -0.3 is 19.0 Å². The molecule has 0 spiro atoms. The molecule has 2 bridgehead atoms. The second kappa shape index (κ2) is 7.17. The summed E-state index contributed by atoms with van der Waals surface area (Å²) >= 11 is 0. The van der Waals surface area contributed by atoms with Crippen LogP contribution in [0.4, 0.5) is 4.79 Å². The summed E-state index contributed by atoms with van der Waals surface area (Å²) < 4.78 is 13.2. The van der Waals surface area contributed by atoms with Crippen molar-refractivity contribution in [1.82, 2.24) is 14.3 Å². The number of nitrogens with zero attached hydrogens (tertiary/aromatic N) is 3. The highest BCUT2D eigenvalue weighted by Gasteiger charge is 2.49. The molecule has 0 aliphatic carbocycles. The van der Waals surface area contributed by atoms with E-state index in [1.54, 1.807) is 11.1 Å². The lowest BCUT2D eigenvalue weighted by Gasteiger charge is -2.51. The maximum absolute atomic E-state index is 12.8. The first-order chi connectivity index (χ1) is 14.1. The summed E-state index contributed by atoms with van der Waals surface area (Å²) in [7, 11) is 0. The quantitative estimate of drug-likeness (QED) is 0.741. The van der Waals surface area contributed by atoms with E-state index in [1.807, 2.05) is 59.3 Å². The fourth-order valence-electron chi connectivity index (χ4n) is 4.50. The van der Waals surface area contributed by atoms with Crippen LogP contribution in [-0.4, -0.2) is 50.8 Å². The molecule has 2 saturated heterocycles. The Morgan fingerprint density at radius 1 is 1.17 bits per heavy atom. The van der Waals surface area contributed by atoms with Crippen LogP contribution in [0.1, 0.15) is 24.0 Å². The summed E-state index contributed by atoms with van der Waals surface area (Å²) in [6.07, 6.45) is 5.97. The van der Waals surface area contributed by atoms with E-state index in [0.717, 1.165) is 16.8 Å². The van der Waals surface area contributed by atoms with E-state index in [1.165, 1.54) is 0 Å². The molecule has 150 valence electrons. The molecule has 29 heavy (non-hydrogen) atoms. The number of hydrogen-bond donors (Lipinski definition) is 1.